The minimum Gasteiger partial charge on any atom is -0.332 e. The van der Waals surface area contributed by atoms with Crippen molar-refractivity contribution in [3.05, 3.63) is 0 Å². The lowest BCUT2D eigenvalue weighted by molar-refractivity contribution is -0.164. The minimum atomic E-state index is -4.34. The molecule has 1 rings (SSSR count). The third-order valence-electron chi connectivity index (χ3n) is 3.55. The first-order valence-corrected chi connectivity index (χ1v) is 6.76. The van der Waals surface area contributed by atoms with E-state index >= 15 is 0 Å². The summed E-state index contributed by atoms with van der Waals surface area (Å²) in [6.45, 7) is 5.31. The Bertz CT molecular complexity index is 316. The molecular weight excluding hydrogens is 257 g/mol. The van der Waals surface area contributed by atoms with Crippen LogP contribution in [0.4, 0.5) is 13.2 Å². The largest absolute Gasteiger partial charge is 0.406 e. The van der Waals surface area contributed by atoms with Crippen LogP contribution < -0.4 is 5.32 Å². The Labute approximate surface area is 112 Å². The van der Waals surface area contributed by atoms with E-state index in [0.29, 0.717) is 13.0 Å². The van der Waals surface area contributed by atoms with Gasteiger partial charge in [-0.05, 0) is 31.2 Å². The molecule has 1 N–H and O–H groups in total. The van der Waals surface area contributed by atoms with Gasteiger partial charge in [-0.15, -0.1) is 0 Å². The molecule has 0 aromatic heterocycles. The van der Waals surface area contributed by atoms with Gasteiger partial charge in [-0.3, -0.25) is 4.79 Å². The molecule has 0 saturated carbocycles. The first-order valence-electron chi connectivity index (χ1n) is 6.76. The molecule has 112 valence electrons. The Balaban J connectivity index is 2.80. The van der Waals surface area contributed by atoms with Crippen molar-refractivity contribution < 1.29 is 18.0 Å². The van der Waals surface area contributed by atoms with Crippen LogP contribution in [-0.2, 0) is 4.79 Å². The van der Waals surface area contributed by atoms with Crippen LogP contribution in [0.1, 0.15) is 40.0 Å². The van der Waals surface area contributed by atoms with Gasteiger partial charge in [-0.2, -0.15) is 13.2 Å². The maximum absolute atomic E-state index is 12.5. The van der Waals surface area contributed by atoms with E-state index in [4.69, 9.17) is 0 Å². The van der Waals surface area contributed by atoms with Crippen LogP contribution in [-0.4, -0.2) is 42.7 Å². The Kier molecular flexibility index (Phi) is 5.24. The number of hydrogen-bond acceptors (Lipinski definition) is 2. The third kappa shape index (κ3) is 4.67. The number of halogens is 3. The molecule has 0 aliphatic carbocycles. The normalized spacial score (nSPS) is 23.2. The maximum atomic E-state index is 12.5. The zero-order chi connectivity index (χ0) is 14.7. The van der Waals surface area contributed by atoms with Crippen molar-refractivity contribution in [1.29, 1.82) is 0 Å². The van der Waals surface area contributed by atoms with Gasteiger partial charge in [0, 0.05) is 6.54 Å². The van der Waals surface area contributed by atoms with Crippen LogP contribution in [0.25, 0.3) is 0 Å². The van der Waals surface area contributed by atoms with E-state index in [0.717, 1.165) is 17.7 Å². The van der Waals surface area contributed by atoms with Gasteiger partial charge < -0.3 is 10.2 Å². The van der Waals surface area contributed by atoms with Crippen molar-refractivity contribution in [2.45, 2.75) is 52.3 Å². The van der Waals surface area contributed by atoms with E-state index in [1.807, 2.05) is 13.8 Å². The highest BCUT2D eigenvalue weighted by atomic mass is 19.4. The molecule has 19 heavy (non-hydrogen) atoms. The number of nitrogens with zero attached hydrogens (tertiary/aromatic N) is 1. The van der Waals surface area contributed by atoms with Crippen LogP contribution in [0.5, 0.6) is 0 Å². The Morgan fingerprint density at radius 1 is 1.42 bits per heavy atom. The van der Waals surface area contributed by atoms with Crippen molar-refractivity contribution in [1.82, 2.24) is 10.2 Å². The first kappa shape index (κ1) is 16.3. The lowest BCUT2D eigenvalue weighted by Crippen LogP contribution is -2.57. The number of rotatable bonds is 4. The number of piperidine rings is 1. The fourth-order valence-electron chi connectivity index (χ4n) is 2.57. The number of alkyl halides is 3. The molecule has 0 aromatic carbocycles. The van der Waals surface area contributed by atoms with E-state index in [9.17, 15) is 18.0 Å². The van der Waals surface area contributed by atoms with Crippen LogP contribution in [0.15, 0.2) is 0 Å². The van der Waals surface area contributed by atoms with Crippen molar-refractivity contribution >= 4 is 5.91 Å². The summed E-state index contributed by atoms with van der Waals surface area (Å²) in [6.07, 6.45) is -2.02. The van der Waals surface area contributed by atoms with E-state index in [1.54, 1.807) is 6.92 Å². The molecule has 1 aliphatic heterocycles. The smallest absolute Gasteiger partial charge is 0.332 e. The minimum absolute atomic E-state index is 0.145. The molecule has 1 fully saturated rings. The van der Waals surface area contributed by atoms with Crippen LogP contribution in [0.2, 0.25) is 0 Å². The number of carbonyl (C=O) groups excluding carboxylic acids is 1. The van der Waals surface area contributed by atoms with Gasteiger partial charge in [0.05, 0.1) is 6.04 Å². The molecule has 1 saturated heterocycles. The SMILES string of the molecule is CCCN(CC(F)(F)F)C(=O)C1NCCCC1(C)C. The predicted octanol–water partition coefficient (Wildman–Crippen LogP) is 2.57. The van der Waals surface area contributed by atoms with Gasteiger partial charge in [0.15, 0.2) is 0 Å². The van der Waals surface area contributed by atoms with Gasteiger partial charge >= 0.3 is 6.18 Å². The Hall–Kier alpha value is -0.780. The summed E-state index contributed by atoms with van der Waals surface area (Å²) in [7, 11) is 0. The number of hydrogen-bond donors (Lipinski definition) is 1. The zero-order valence-electron chi connectivity index (χ0n) is 11.8. The highest BCUT2D eigenvalue weighted by molar-refractivity contribution is 5.83. The number of amides is 1. The average Bonchev–Trinajstić information content (AvgIpc) is 2.25. The molecule has 1 unspecified atom stereocenters. The summed E-state index contributed by atoms with van der Waals surface area (Å²) in [6, 6.07) is -0.518. The van der Waals surface area contributed by atoms with Crippen molar-refractivity contribution in [2.24, 2.45) is 5.41 Å². The summed E-state index contributed by atoms with van der Waals surface area (Å²) >= 11 is 0. The third-order valence-corrected chi connectivity index (χ3v) is 3.55. The second-order valence-corrected chi connectivity index (χ2v) is 5.85. The molecule has 0 aromatic rings. The van der Waals surface area contributed by atoms with E-state index < -0.39 is 24.7 Å². The van der Waals surface area contributed by atoms with Crippen molar-refractivity contribution in [3.63, 3.8) is 0 Å². The van der Waals surface area contributed by atoms with E-state index in [-0.39, 0.29) is 12.0 Å². The lowest BCUT2D eigenvalue weighted by atomic mass is 9.77. The van der Waals surface area contributed by atoms with Gasteiger partial charge in [0.1, 0.15) is 6.54 Å². The molecule has 1 heterocycles. The Morgan fingerprint density at radius 3 is 2.53 bits per heavy atom. The molecule has 3 nitrogen and oxygen atoms in total. The van der Waals surface area contributed by atoms with Gasteiger partial charge in [0.2, 0.25) is 5.91 Å². The van der Waals surface area contributed by atoms with Crippen LogP contribution in [0, 0.1) is 5.41 Å². The fraction of sp³-hybridized carbons (Fsp3) is 0.923. The highest BCUT2D eigenvalue weighted by Crippen LogP contribution is 2.31. The average molecular weight is 280 g/mol. The monoisotopic (exact) mass is 280 g/mol. The number of carbonyl (C=O) groups is 1. The molecule has 1 atom stereocenters. The quantitative estimate of drug-likeness (QED) is 0.858. The van der Waals surface area contributed by atoms with Crippen LogP contribution in [0.3, 0.4) is 0 Å². The number of nitrogens with one attached hydrogen (secondary N) is 1. The first-order chi connectivity index (χ1) is 8.67. The molecular formula is C13H23F3N2O. The summed E-state index contributed by atoms with van der Waals surface area (Å²) in [5, 5.41) is 3.08. The highest BCUT2D eigenvalue weighted by Gasteiger charge is 2.41. The second kappa shape index (κ2) is 6.11. The standard InChI is InChI=1S/C13H23F3N2O/c1-4-8-18(9-13(14,15)16)11(19)10-12(2,3)6-5-7-17-10/h10,17H,4-9H2,1-3H3. The molecule has 6 heteroatoms. The summed E-state index contributed by atoms with van der Waals surface area (Å²) in [4.78, 5) is 13.3. The zero-order valence-corrected chi connectivity index (χ0v) is 11.8. The lowest BCUT2D eigenvalue weighted by Gasteiger charge is -2.41. The molecule has 0 radical (unpaired) electrons. The molecule has 1 aliphatic rings. The second-order valence-electron chi connectivity index (χ2n) is 5.85. The molecule has 0 bridgehead atoms. The van der Waals surface area contributed by atoms with Gasteiger partial charge in [-0.25, -0.2) is 0 Å². The van der Waals surface area contributed by atoms with Crippen molar-refractivity contribution in [2.75, 3.05) is 19.6 Å². The van der Waals surface area contributed by atoms with Gasteiger partial charge in [0.25, 0.3) is 0 Å². The van der Waals surface area contributed by atoms with E-state index in [1.165, 1.54) is 0 Å². The fourth-order valence-corrected chi connectivity index (χ4v) is 2.57. The van der Waals surface area contributed by atoms with Gasteiger partial charge in [-0.1, -0.05) is 20.8 Å². The molecule has 1 amide bonds. The maximum Gasteiger partial charge on any atom is 0.406 e. The summed E-state index contributed by atoms with van der Waals surface area (Å²) < 4.78 is 37.6. The Morgan fingerprint density at radius 2 is 2.05 bits per heavy atom. The van der Waals surface area contributed by atoms with Crippen LogP contribution >= 0.6 is 0 Å². The van der Waals surface area contributed by atoms with E-state index in [2.05, 4.69) is 5.32 Å². The predicted molar refractivity (Wildman–Crippen MR) is 67.7 cm³/mol. The van der Waals surface area contributed by atoms with Crippen molar-refractivity contribution in [3.8, 4) is 0 Å². The topological polar surface area (TPSA) is 32.3 Å². The summed E-state index contributed by atoms with van der Waals surface area (Å²) in [5.41, 5.74) is -0.299. The molecule has 0 spiro atoms. The summed E-state index contributed by atoms with van der Waals surface area (Å²) in [5.74, 6) is -0.427.